The maximum atomic E-state index is 5.32. The van der Waals surface area contributed by atoms with Crippen molar-refractivity contribution >= 4 is 23.5 Å². The van der Waals surface area contributed by atoms with Crippen LogP contribution in [0.5, 0.6) is 11.5 Å². The van der Waals surface area contributed by atoms with Crippen LogP contribution in [0.15, 0.2) is 23.3 Å². The van der Waals surface area contributed by atoms with E-state index in [4.69, 9.17) is 26.4 Å². The van der Waals surface area contributed by atoms with Crippen LogP contribution in [0, 0.1) is 0 Å². The first-order chi connectivity index (χ1) is 11.7. The minimum Gasteiger partial charge on any atom is -0.493 e. The van der Waals surface area contributed by atoms with Crippen LogP contribution in [0.3, 0.4) is 0 Å². The molecular formula is C16H24N4O3S. The molecule has 8 heteroatoms. The van der Waals surface area contributed by atoms with Crippen molar-refractivity contribution in [1.82, 2.24) is 15.6 Å². The highest BCUT2D eigenvalue weighted by Crippen LogP contribution is 2.26. The van der Waals surface area contributed by atoms with E-state index in [9.17, 15) is 0 Å². The Kier molecular flexibility index (Phi) is 7.73. The number of morpholine rings is 1. The van der Waals surface area contributed by atoms with Crippen molar-refractivity contribution in [3.63, 3.8) is 0 Å². The van der Waals surface area contributed by atoms with E-state index in [-0.39, 0.29) is 0 Å². The molecule has 1 aromatic carbocycles. The summed E-state index contributed by atoms with van der Waals surface area (Å²) in [5.74, 6) is 1.34. The summed E-state index contributed by atoms with van der Waals surface area (Å²) in [5.41, 5.74) is 3.69. The van der Waals surface area contributed by atoms with Crippen molar-refractivity contribution in [2.24, 2.45) is 5.10 Å². The van der Waals surface area contributed by atoms with Crippen molar-refractivity contribution in [3.8, 4) is 11.5 Å². The number of hydrogen-bond acceptors (Lipinski definition) is 6. The number of thiocarbonyl (C=S) groups is 1. The Morgan fingerprint density at radius 1 is 1.29 bits per heavy atom. The van der Waals surface area contributed by atoms with Crippen LogP contribution in [-0.2, 0) is 4.74 Å². The van der Waals surface area contributed by atoms with Crippen LogP contribution in [0.25, 0.3) is 0 Å². The summed E-state index contributed by atoms with van der Waals surface area (Å²) in [7, 11) is 3.21. The molecule has 1 aliphatic rings. The Labute approximate surface area is 147 Å². The van der Waals surface area contributed by atoms with E-state index in [0.29, 0.717) is 16.6 Å². The van der Waals surface area contributed by atoms with E-state index in [2.05, 4.69) is 20.7 Å². The number of hydrogen-bond donors (Lipinski definition) is 2. The fraction of sp³-hybridized carbons (Fsp3) is 0.500. The van der Waals surface area contributed by atoms with Gasteiger partial charge in [0, 0.05) is 26.2 Å². The summed E-state index contributed by atoms with van der Waals surface area (Å²) in [6.45, 7) is 5.26. The molecule has 1 heterocycles. The van der Waals surface area contributed by atoms with Gasteiger partial charge in [0.2, 0.25) is 0 Å². The van der Waals surface area contributed by atoms with Crippen LogP contribution < -0.4 is 20.2 Å². The Bertz CT molecular complexity index is 562. The summed E-state index contributed by atoms with van der Waals surface area (Å²) >= 11 is 5.20. The Morgan fingerprint density at radius 3 is 2.75 bits per heavy atom. The van der Waals surface area contributed by atoms with Crippen molar-refractivity contribution < 1.29 is 14.2 Å². The van der Waals surface area contributed by atoms with Crippen LogP contribution >= 0.6 is 12.2 Å². The van der Waals surface area contributed by atoms with E-state index in [1.54, 1.807) is 20.4 Å². The number of nitrogens with one attached hydrogen (secondary N) is 2. The molecule has 0 bridgehead atoms. The number of ether oxygens (including phenoxy) is 3. The molecule has 24 heavy (non-hydrogen) atoms. The van der Waals surface area contributed by atoms with Crippen molar-refractivity contribution in [1.29, 1.82) is 0 Å². The SMILES string of the molecule is COc1ccc(/C=N\NC(=S)NCCN2CCOCC2)cc1OC. The normalized spacial score (nSPS) is 15.2. The zero-order valence-corrected chi connectivity index (χ0v) is 14.9. The summed E-state index contributed by atoms with van der Waals surface area (Å²) in [5, 5.41) is 7.77. The van der Waals surface area contributed by atoms with Gasteiger partial charge in [0.1, 0.15) is 0 Å². The second-order valence-electron chi connectivity index (χ2n) is 5.19. The molecule has 1 aromatic rings. The molecule has 0 saturated carbocycles. The lowest BCUT2D eigenvalue weighted by Gasteiger charge is -2.26. The maximum Gasteiger partial charge on any atom is 0.187 e. The third-order valence-electron chi connectivity index (χ3n) is 3.60. The molecule has 1 saturated heterocycles. The molecular weight excluding hydrogens is 328 g/mol. The van der Waals surface area contributed by atoms with Gasteiger partial charge in [-0.25, -0.2) is 0 Å². The number of nitrogens with zero attached hydrogens (tertiary/aromatic N) is 2. The summed E-state index contributed by atoms with van der Waals surface area (Å²) in [6, 6.07) is 5.57. The Hall–Kier alpha value is -1.90. The third-order valence-corrected chi connectivity index (χ3v) is 3.84. The predicted molar refractivity (Wildman–Crippen MR) is 98.1 cm³/mol. The van der Waals surface area contributed by atoms with E-state index in [1.165, 1.54) is 0 Å². The average molecular weight is 352 g/mol. The van der Waals surface area contributed by atoms with E-state index in [0.717, 1.165) is 45.0 Å². The standard InChI is InChI=1S/C16H24N4O3S/c1-21-14-4-3-13(11-15(14)22-2)12-18-19-16(24)17-5-6-20-7-9-23-10-8-20/h3-4,11-12H,5-10H2,1-2H3,(H2,17,19,24)/b18-12-. The topological polar surface area (TPSA) is 67.4 Å². The van der Waals surface area contributed by atoms with Gasteiger partial charge in [-0.1, -0.05) is 0 Å². The Morgan fingerprint density at radius 2 is 2.04 bits per heavy atom. The first kappa shape index (κ1) is 18.4. The maximum absolute atomic E-state index is 5.32. The largest absolute Gasteiger partial charge is 0.493 e. The molecule has 0 spiro atoms. The number of rotatable bonds is 7. The van der Waals surface area contributed by atoms with Gasteiger partial charge >= 0.3 is 0 Å². The molecule has 0 aromatic heterocycles. The van der Waals surface area contributed by atoms with Crippen LogP contribution in [-0.4, -0.2) is 69.8 Å². The molecule has 2 rings (SSSR count). The fourth-order valence-corrected chi connectivity index (χ4v) is 2.45. The van der Waals surface area contributed by atoms with Gasteiger partial charge in [-0.2, -0.15) is 5.10 Å². The molecule has 0 radical (unpaired) electrons. The summed E-state index contributed by atoms with van der Waals surface area (Å²) < 4.78 is 15.8. The molecule has 0 aliphatic carbocycles. The first-order valence-corrected chi connectivity index (χ1v) is 8.23. The predicted octanol–water partition coefficient (Wildman–Crippen LogP) is 0.834. The number of hydrazone groups is 1. The van der Waals surface area contributed by atoms with Gasteiger partial charge in [-0.15, -0.1) is 0 Å². The Balaban J connectivity index is 1.71. The zero-order chi connectivity index (χ0) is 17.2. The van der Waals surface area contributed by atoms with Crippen molar-refractivity contribution in [3.05, 3.63) is 23.8 Å². The van der Waals surface area contributed by atoms with Crippen LogP contribution in [0.4, 0.5) is 0 Å². The molecule has 0 atom stereocenters. The van der Waals surface area contributed by atoms with Crippen LogP contribution in [0.1, 0.15) is 5.56 Å². The zero-order valence-electron chi connectivity index (χ0n) is 14.1. The van der Waals surface area contributed by atoms with Gasteiger partial charge in [-0.3, -0.25) is 10.3 Å². The molecule has 2 N–H and O–H groups in total. The molecule has 1 fully saturated rings. The van der Waals surface area contributed by atoms with Gasteiger partial charge in [-0.05, 0) is 36.0 Å². The number of benzene rings is 1. The van der Waals surface area contributed by atoms with E-state index < -0.39 is 0 Å². The van der Waals surface area contributed by atoms with E-state index in [1.807, 2.05) is 18.2 Å². The number of methoxy groups -OCH3 is 2. The fourth-order valence-electron chi connectivity index (χ4n) is 2.29. The molecule has 0 unspecified atom stereocenters. The highest BCUT2D eigenvalue weighted by atomic mass is 32.1. The molecule has 132 valence electrons. The van der Waals surface area contributed by atoms with Gasteiger partial charge in [0.25, 0.3) is 0 Å². The second-order valence-corrected chi connectivity index (χ2v) is 5.60. The van der Waals surface area contributed by atoms with Gasteiger partial charge in [0.05, 0.1) is 33.6 Å². The lowest BCUT2D eigenvalue weighted by atomic mass is 10.2. The first-order valence-electron chi connectivity index (χ1n) is 7.82. The average Bonchev–Trinajstić information content (AvgIpc) is 2.62. The molecule has 0 amide bonds. The van der Waals surface area contributed by atoms with Crippen LogP contribution in [0.2, 0.25) is 0 Å². The van der Waals surface area contributed by atoms with Crippen molar-refractivity contribution in [2.75, 3.05) is 53.6 Å². The highest BCUT2D eigenvalue weighted by Gasteiger charge is 2.09. The highest BCUT2D eigenvalue weighted by molar-refractivity contribution is 7.80. The lowest BCUT2D eigenvalue weighted by molar-refractivity contribution is 0.0389. The summed E-state index contributed by atoms with van der Waals surface area (Å²) in [6.07, 6.45) is 1.68. The monoisotopic (exact) mass is 352 g/mol. The minimum atomic E-state index is 0.500. The molecule has 7 nitrogen and oxygen atoms in total. The van der Waals surface area contributed by atoms with Gasteiger partial charge in [0.15, 0.2) is 16.6 Å². The quantitative estimate of drug-likeness (QED) is 0.428. The minimum absolute atomic E-state index is 0.500. The smallest absolute Gasteiger partial charge is 0.187 e. The third kappa shape index (κ3) is 5.95. The van der Waals surface area contributed by atoms with Crippen molar-refractivity contribution in [2.45, 2.75) is 0 Å². The summed E-state index contributed by atoms with van der Waals surface area (Å²) in [4.78, 5) is 2.34. The molecule has 1 aliphatic heterocycles. The van der Waals surface area contributed by atoms with E-state index >= 15 is 0 Å². The van der Waals surface area contributed by atoms with Gasteiger partial charge < -0.3 is 19.5 Å². The second kappa shape index (κ2) is 10.1. The lowest BCUT2D eigenvalue weighted by Crippen LogP contribution is -2.42.